The van der Waals surface area contributed by atoms with Crippen molar-refractivity contribution in [2.75, 3.05) is 11.5 Å². The number of hydrogen-bond donors (Lipinski definition) is 1. The minimum absolute atomic E-state index is 0.195. The van der Waals surface area contributed by atoms with Gasteiger partial charge < -0.3 is 9.84 Å². The van der Waals surface area contributed by atoms with Crippen LogP contribution in [-0.4, -0.2) is 27.9 Å². The van der Waals surface area contributed by atoms with Crippen LogP contribution in [0.3, 0.4) is 0 Å². The molecule has 0 unspecified atom stereocenters. The van der Waals surface area contributed by atoms with E-state index in [9.17, 15) is 9.59 Å². The molecule has 1 fully saturated rings. The Balaban J connectivity index is 1.91. The Morgan fingerprint density at radius 2 is 1.92 bits per heavy atom. The number of benzene rings is 2. The van der Waals surface area contributed by atoms with Gasteiger partial charge >= 0.3 is 5.97 Å². The number of carbonyl (C=O) groups is 2. The van der Waals surface area contributed by atoms with Crippen molar-refractivity contribution in [1.82, 2.24) is 0 Å². The molecule has 3 rings (SSSR count). The molecular formula is C19H15NO4S2. The maximum atomic E-state index is 12.9. The van der Waals surface area contributed by atoms with E-state index in [1.807, 2.05) is 19.1 Å². The van der Waals surface area contributed by atoms with Crippen LogP contribution < -0.4 is 9.64 Å². The molecule has 0 spiro atoms. The molecule has 1 aliphatic rings. The topological polar surface area (TPSA) is 66.8 Å². The van der Waals surface area contributed by atoms with Gasteiger partial charge in [0, 0.05) is 0 Å². The molecule has 1 saturated heterocycles. The van der Waals surface area contributed by atoms with Crippen molar-refractivity contribution >= 4 is 51.9 Å². The van der Waals surface area contributed by atoms with E-state index in [0.717, 1.165) is 5.56 Å². The molecule has 132 valence electrons. The SMILES string of the molecule is CCOc1ccccc1N1C(=O)/C(=C\c2ccc(C(=O)O)cc2)SC1=S. The number of amides is 1. The molecule has 0 aliphatic carbocycles. The first-order valence-corrected chi connectivity index (χ1v) is 9.07. The van der Waals surface area contributed by atoms with Crippen LogP contribution in [0.4, 0.5) is 5.69 Å². The van der Waals surface area contributed by atoms with Crippen molar-refractivity contribution in [2.24, 2.45) is 0 Å². The predicted octanol–water partition coefficient (Wildman–Crippen LogP) is 4.19. The number of anilines is 1. The van der Waals surface area contributed by atoms with Crippen LogP contribution in [0.15, 0.2) is 53.4 Å². The number of thioether (sulfide) groups is 1. The number of nitrogens with zero attached hydrogens (tertiary/aromatic N) is 1. The van der Waals surface area contributed by atoms with Crippen molar-refractivity contribution in [3.63, 3.8) is 0 Å². The van der Waals surface area contributed by atoms with E-state index >= 15 is 0 Å². The summed E-state index contributed by atoms with van der Waals surface area (Å²) < 4.78 is 6.02. The van der Waals surface area contributed by atoms with Gasteiger partial charge in [0.1, 0.15) is 5.75 Å². The van der Waals surface area contributed by atoms with E-state index in [-0.39, 0.29) is 11.5 Å². The summed E-state index contributed by atoms with van der Waals surface area (Å²) in [4.78, 5) is 25.7. The van der Waals surface area contributed by atoms with Crippen molar-refractivity contribution in [3.8, 4) is 5.75 Å². The fourth-order valence-corrected chi connectivity index (χ4v) is 3.75. The summed E-state index contributed by atoms with van der Waals surface area (Å²) in [5.74, 6) is -0.622. The van der Waals surface area contributed by atoms with Crippen molar-refractivity contribution < 1.29 is 19.4 Å². The highest BCUT2D eigenvalue weighted by Gasteiger charge is 2.34. The molecular weight excluding hydrogens is 370 g/mol. The molecule has 0 aromatic heterocycles. The van der Waals surface area contributed by atoms with Gasteiger partial charge in [0.15, 0.2) is 4.32 Å². The van der Waals surface area contributed by atoms with Crippen LogP contribution in [0.5, 0.6) is 5.75 Å². The fourth-order valence-electron chi connectivity index (χ4n) is 2.47. The molecule has 1 heterocycles. The first kappa shape index (κ1) is 18.2. The van der Waals surface area contributed by atoms with Gasteiger partial charge in [-0.2, -0.15) is 0 Å². The van der Waals surface area contributed by atoms with Crippen LogP contribution in [0.2, 0.25) is 0 Å². The lowest BCUT2D eigenvalue weighted by molar-refractivity contribution is -0.113. The number of carboxylic acids is 1. The Morgan fingerprint density at radius 3 is 2.58 bits per heavy atom. The lowest BCUT2D eigenvalue weighted by Gasteiger charge is -2.18. The Labute approximate surface area is 160 Å². The molecule has 0 bridgehead atoms. The number of aromatic carboxylic acids is 1. The van der Waals surface area contributed by atoms with Gasteiger partial charge in [-0.3, -0.25) is 9.69 Å². The molecule has 1 amide bonds. The average Bonchev–Trinajstić information content (AvgIpc) is 2.90. The van der Waals surface area contributed by atoms with Gasteiger partial charge in [0.2, 0.25) is 0 Å². The zero-order valence-corrected chi connectivity index (χ0v) is 15.5. The van der Waals surface area contributed by atoms with Crippen molar-refractivity contribution in [3.05, 3.63) is 64.6 Å². The minimum atomic E-state index is -0.990. The Kier molecular flexibility index (Phi) is 5.39. The number of rotatable bonds is 5. The van der Waals surface area contributed by atoms with E-state index in [4.69, 9.17) is 22.1 Å². The first-order chi connectivity index (χ1) is 12.5. The molecule has 2 aromatic rings. The van der Waals surface area contributed by atoms with Gasteiger partial charge in [-0.05, 0) is 42.8 Å². The molecule has 2 aromatic carbocycles. The number of thiocarbonyl (C=S) groups is 1. The van der Waals surface area contributed by atoms with Crippen LogP contribution in [0.25, 0.3) is 6.08 Å². The highest BCUT2D eigenvalue weighted by Crippen LogP contribution is 2.39. The van der Waals surface area contributed by atoms with Gasteiger partial charge in [0.25, 0.3) is 5.91 Å². The summed E-state index contributed by atoms with van der Waals surface area (Å²) in [6.45, 7) is 2.36. The maximum Gasteiger partial charge on any atom is 0.335 e. The van der Waals surface area contributed by atoms with Crippen LogP contribution in [0, 0.1) is 0 Å². The van der Waals surface area contributed by atoms with E-state index < -0.39 is 5.97 Å². The molecule has 5 nitrogen and oxygen atoms in total. The quantitative estimate of drug-likeness (QED) is 0.615. The summed E-state index contributed by atoms with van der Waals surface area (Å²) in [5, 5.41) is 8.96. The van der Waals surface area contributed by atoms with Crippen LogP contribution in [0.1, 0.15) is 22.8 Å². The summed E-state index contributed by atoms with van der Waals surface area (Å²) in [7, 11) is 0. The van der Waals surface area contributed by atoms with Crippen LogP contribution in [-0.2, 0) is 4.79 Å². The lowest BCUT2D eigenvalue weighted by Crippen LogP contribution is -2.28. The molecule has 1 aliphatic heterocycles. The highest BCUT2D eigenvalue weighted by molar-refractivity contribution is 8.27. The van der Waals surface area contributed by atoms with Crippen molar-refractivity contribution in [1.29, 1.82) is 0 Å². The number of para-hydroxylation sites is 2. The second-order valence-corrected chi connectivity index (χ2v) is 7.02. The largest absolute Gasteiger partial charge is 0.492 e. The van der Waals surface area contributed by atoms with E-state index in [2.05, 4.69) is 0 Å². The van der Waals surface area contributed by atoms with Crippen molar-refractivity contribution in [2.45, 2.75) is 6.92 Å². The average molecular weight is 385 g/mol. The van der Waals surface area contributed by atoms with E-state index in [0.29, 0.717) is 27.3 Å². The summed E-state index contributed by atoms with van der Waals surface area (Å²) in [6, 6.07) is 13.6. The van der Waals surface area contributed by atoms with Gasteiger partial charge in [-0.25, -0.2) is 4.79 Å². The molecule has 7 heteroatoms. The third-order valence-electron chi connectivity index (χ3n) is 3.66. The first-order valence-electron chi connectivity index (χ1n) is 7.84. The van der Waals surface area contributed by atoms with Gasteiger partial charge in [-0.15, -0.1) is 0 Å². The molecule has 26 heavy (non-hydrogen) atoms. The summed E-state index contributed by atoms with van der Waals surface area (Å²) in [6.07, 6.45) is 1.70. The second-order valence-electron chi connectivity index (χ2n) is 5.35. The summed E-state index contributed by atoms with van der Waals surface area (Å²) >= 11 is 6.59. The second kappa shape index (κ2) is 7.72. The molecule has 1 N–H and O–H groups in total. The predicted molar refractivity (Wildman–Crippen MR) is 107 cm³/mol. The van der Waals surface area contributed by atoms with Gasteiger partial charge in [0.05, 0.1) is 22.8 Å². The molecule has 0 radical (unpaired) electrons. The van der Waals surface area contributed by atoms with E-state index in [1.54, 1.807) is 30.3 Å². The number of carboxylic acid groups (broad SMARTS) is 1. The monoisotopic (exact) mass is 385 g/mol. The minimum Gasteiger partial charge on any atom is -0.492 e. The van der Waals surface area contributed by atoms with Crippen LogP contribution >= 0.6 is 24.0 Å². The summed E-state index contributed by atoms with van der Waals surface area (Å²) in [5.41, 5.74) is 1.54. The third-order valence-corrected chi connectivity index (χ3v) is 4.96. The zero-order valence-electron chi connectivity index (χ0n) is 13.8. The Bertz CT molecular complexity index is 906. The lowest BCUT2D eigenvalue weighted by atomic mass is 10.1. The molecule has 0 atom stereocenters. The third kappa shape index (κ3) is 3.63. The highest BCUT2D eigenvalue weighted by atomic mass is 32.2. The normalized spacial score (nSPS) is 15.6. The number of carbonyl (C=O) groups excluding carboxylic acids is 1. The number of ether oxygens (including phenoxy) is 1. The Morgan fingerprint density at radius 1 is 1.23 bits per heavy atom. The molecule has 0 saturated carbocycles. The zero-order chi connectivity index (χ0) is 18.7. The smallest absolute Gasteiger partial charge is 0.335 e. The fraction of sp³-hybridized carbons (Fsp3) is 0.105. The Hall–Kier alpha value is -2.64. The van der Waals surface area contributed by atoms with E-state index in [1.165, 1.54) is 28.8 Å². The number of hydrogen-bond acceptors (Lipinski definition) is 5. The maximum absolute atomic E-state index is 12.9. The van der Waals surface area contributed by atoms with Gasteiger partial charge in [-0.1, -0.05) is 48.2 Å². The standard InChI is InChI=1S/C19H15NO4S2/c1-2-24-15-6-4-3-5-14(15)20-17(21)16(26-19(20)25)11-12-7-9-13(10-8-12)18(22)23/h3-11H,2H2,1H3,(H,22,23)/b16-11+.